The number of H-pyrrole nitrogens is 1. The van der Waals surface area contributed by atoms with Gasteiger partial charge in [-0.2, -0.15) is 0 Å². The van der Waals surface area contributed by atoms with Gasteiger partial charge >= 0.3 is 5.69 Å². The van der Waals surface area contributed by atoms with Crippen LogP contribution in [-0.2, 0) is 14.2 Å². The number of rotatable bonds is 34. The molecule has 302 valence electrons. The second kappa shape index (κ2) is 28.0. The molecule has 2 fully saturated rings. The SMILES string of the molecule is CCCCCCCCCCCCCCCCCC1(CCCCCCCCCCCCCCCCC)O[C@@H]2[C@H](O1)[C@@H](CO)O[C@H]2n1ccc(=O)[nH]c1=O. The van der Waals surface area contributed by atoms with Gasteiger partial charge in [0.05, 0.1) is 6.61 Å². The standard InChI is InChI=1S/C44H80N2O6/c1-3-5-7-9-11-13-15-17-19-21-23-25-27-29-31-34-44(35-32-30-28-26-24-22-20-18-16-14-12-10-8-6-4-2)51-40-38(37-47)50-42(41(40)52-44)46-36-33-39(48)45-43(46)49/h33,36,38,40-42,47H,3-32,34-35,37H2,1-2H3,(H,45,48,49)/t38-,40-,41-,42-/m1/s1. The lowest BCUT2D eigenvalue weighted by molar-refractivity contribution is -0.228. The molecule has 2 saturated heterocycles. The highest BCUT2D eigenvalue weighted by molar-refractivity contribution is 5.00. The third-order valence-corrected chi connectivity index (χ3v) is 11.6. The minimum Gasteiger partial charge on any atom is -0.394 e. The summed E-state index contributed by atoms with van der Waals surface area (Å²) < 4.78 is 21.0. The lowest BCUT2D eigenvalue weighted by Crippen LogP contribution is -2.38. The zero-order valence-corrected chi connectivity index (χ0v) is 33.7. The third-order valence-electron chi connectivity index (χ3n) is 11.6. The van der Waals surface area contributed by atoms with E-state index in [1.54, 1.807) is 0 Å². The summed E-state index contributed by atoms with van der Waals surface area (Å²) in [5.41, 5.74) is -0.991. The van der Waals surface area contributed by atoms with Crippen LogP contribution in [-0.4, -0.2) is 45.4 Å². The van der Waals surface area contributed by atoms with E-state index in [1.165, 1.54) is 184 Å². The van der Waals surface area contributed by atoms with E-state index in [2.05, 4.69) is 18.8 Å². The monoisotopic (exact) mass is 733 g/mol. The zero-order valence-electron chi connectivity index (χ0n) is 33.7. The van der Waals surface area contributed by atoms with Gasteiger partial charge in [-0.05, 0) is 12.8 Å². The van der Waals surface area contributed by atoms with E-state index < -0.39 is 41.6 Å². The van der Waals surface area contributed by atoms with Crippen molar-refractivity contribution in [3.63, 3.8) is 0 Å². The molecule has 52 heavy (non-hydrogen) atoms. The Hall–Kier alpha value is -1.48. The van der Waals surface area contributed by atoms with E-state index >= 15 is 0 Å². The summed E-state index contributed by atoms with van der Waals surface area (Å²) in [7, 11) is 0. The van der Waals surface area contributed by atoms with Gasteiger partial charge in [-0.3, -0.25) is 14.3 Å². The molecule has 1 aromatic heterocycles. The number of aromatic nitrogens is 2. The van der Waals surface area contributed by atoms with Crippen LogP contribution in [0.15, 0.2) is 21.9 Å². The Bertz CT molecular complexity index is 1090. The van der Waals surface area contributed by atoms with Gasteiger partial charge in [-0.15, -0.1) is 0 Å². The van der Waals surface area contributed by atoms with Crippen molar-refractivity contribution in [3.8, 4) is 0 Å². The molecule has 0 saturated carbocycles. The van der Waals surface area contributed by atoms with Crippen molar-refractivity contribution in [2.75, 3.05) is 6.61 Å². The van der Waals surface area contributed by atoms with Crippen molar-refractivity contribution < 1.29 is 19.3 Å². The first-order valence-electron chi connectivity index (χ1n) is 22.5. The van der Waals surface area contributed by atoms with Crippen LogP contribution in [0.25, 0.3) is 0 Å². The van der Waals surface area contributed by atoms with Gasteiger partial charge in [-0.25, -0.2) is 4.79 Å². The number of ether oxygens (including phenoxy) is 3. The highest BCUT2D eigenvalue weighted by Crippen LogP contribution is 2.46. The van der Waals surface area contributed by atoms with E-state index in [-0.39, 0.29) is 6.61 Å². The molecule has 0 bridgehead atoms. The van der Waals surface area contributed by atoms with Crippen LogP contribution in [0.2, 0.25) is 0 Å². The van der Waals surface area contributed by atoms with E-state index in [0.29, 0.717) is 0 Å². The molecule has 0 spiro atoms. The lowest BCUT2D eigenvalue weighted by atomic mass is 9.98. The van der Waals surface area contributed by atoms with Crippen LogP contribution < -0.4 is 11.2 Å². The summed E-state index contributed by atoms with van der Waals surface area (Å²) in [6.45, 7) is 4.35. The second-order valence-electron chi connectivity index (χ2n) is 16.2. The molecule has 3 heterocycles. The summed E-state index contributed by atoms with van der Waals surface area (Å²) in [4.78, 5) is 26.8. The molecule has 0 radical (unpaired) electrons. The zero-order chi connectivity index (χ0) is 37.1. The Kier molecular flexibility index (Phi) is 24.2. The van der Waals surface area contributed by atoms with Crippen molar-refractivity contribution in [1.29, 1.82) is 0 Å². The number of fused-ring (bicyclic) bond motifs is 1. The van der Waals surface area contributed by atoms with Gasteiger partial charge in [0.2, 0.25) is 0 Å². The molecule has 2 aliphatic rings. The van der Waals surface area contributed by atoms with Gasteiger partial charge in [-0.1, -0.05) is 194 Å². The molecule has 4 atom stereocenters. The minimum absolute atomic E-state index is 0.215. The number of unbranched alkanes of at least 4 members (excludes halogenated alkanes) is 28. The highest BCUT2D eigenvalue weighted by Gasteiger charge is 2.58. The molecular weight excluding hydrogens is 652 g/mol. The number of hydrogen-bond donors (Lipinski definition) is 2. The fourth-order valence-corrected chi connectivity index (χ4v) is 8.39. The second-order valence-corrected chi connectivity index (χ2v) is 16.2. The van der Waals surface area contributed by atoms with E-state index in [1.807, 2.05) is 0 Å². The Morgan fingerprint density at radius 2 is 0.942 bits per heavy atom. The Morgan fingerprint density at radius 3 is 1.31 bits per heavy atom. The summed E-state index contributed by atoms with van der Waals surface area (Å²) in [5.74, 6) is -0.732. The van der Waals surface area contributed by atoms with Crippen molar-refractivity contribution >= 4 is 0 Å². The first-order chi connectivity index (χ1) is 25.5. The molecule has 8 heteroatoms. The molecule has 2 N–H and O–H groups in total. The first kappa shape index (κ1) is 44.9. The normalized spacial score (nSPS) is 20.9. The van der Waals surface area contributed by atoms with Crippen LogP contribution in [0, 0.1) is 0 Å². The molecule has 1 aromatic rings. The van der Waals surface area contributed by atoms with E-state index in [0.717, 1.165) is 38.5 Å². The van der Waals surface area contributed by atoms with Gasteiger partial charge in [0.1, 0.15) is 18.3 Å². The van der Waals surface area contributed by atoms with E-state index in [9.17, 15) is 14.7 Å². The highest BCUT2D eigenvalue weighted by atomic mass is 16.8. The number of hydrogen-bond acceptors (Lipinski definition) is 6. The van der Waals surface area contributed by atoms with Crippen LogP contribution >= 0.6 is 0 Å². The first-order valence-corrected chi connectivity index (χ1v) is 22.5. The molecular formula is C44H80N2O6. The fourth-order valence-electron chi connectivity index (χ4n) is 8.39. The maximum absolute atomic E-state index is 12.7. The molecule has 0 unspecified atom stereocenters. The molecule has 0 aromatic carbocycles. The van der Waals surface area contributed by atoms with Gasteiger partial charge < -0.3 is 19.3 Å². The van der Waals surface area contributed by atoms with E-state index in [4.69, 9.17) is 14.2 Å². The smallest absolute Gasteiger partial charge is 0.330 e. The predicted octanol–water partition coefficient (Wildman–Crippen LogP) is 11.4. The maximum atomic E-state index is 12.7. The van der Waals surface area contributed by atoms with Crippen molar-refractivity contribution in [2.45, 2.75) is 250 Å². The molecule has 0 aliphatic carbocycles. The Labute approximate surface area is 317 Å². The van der Waals surface area contributed by atoms with Gasteiger partial charge in [0.25, 0.3) is 5.56 Å². The van der Waals surface area contributed by atoms with Crippen molar-refractivity contribution in [2.24, 2.45) is 0 Å². The molecule has 8 nitrogen and oxygen atoms in total. The minimum atomic E-state index is -0.754. The number of aromatic amines is 1. The molecule has 3 rings (SSSR count). The molecule has 0 amide bonds. The average molecular weight is 733 g/mol. The lowest BCUT2D eigenvalue weighted by Gasteiger charge is -2.31. The van der Waals surface area contributed by atoms with Crippen LogP contribution in [0.1, 0.15) is 226 Å². The fraction of sp³-hybridized carbons (Fsp3) is 0.909. The quantitative estimate of drug-likeness (QED) is 0.0684. The van der Waals surface area contributed by atoms with Crippen LogP contribution in [0.5, 0.6) is 0 Å². The third kappa shape index (κ3) is 17.3. The van der Waals surface area contributed by atoms with Crippen molar-refractivity contribution in [1.82, 2.24) is 9.55 Å². The predicted molar refractivity (Wildman–Crippen MR) is 214 cm³/mol. The Morgan fingerprint density at radius 1 is 0.577 bits per heavy atom. The van der Waals surface area contributed by atoms with Crippen LogP contribution in [0.3, 0.4) is 0 Å². The average Bonchev–Trinajstić information content (AvgIpc) is 3.67. The summed E-state index contributed by atoms with van der Waals surface area (Å²) in [5, 5.41) is 10.2. The molecule has 2 aliphatic heterocycles. The summed E-state index contributed by atoms with van der Waals surface area (Å²) in [6, 6.07) is 1.32. The number of nitrogens with zero attached hydrogens (tertiary/aromatic N) is 1. The number of aliphatic hydroxyl groups excluding tert-OH is 1. The Balaban J connectivity index is 1.38. The summed E-state index contributed by atoms with van der Waals surface area (Å²) in [6.07, 6.45) is 40.5. The van der Waals surface area contributed by atoms with Gasteiger partial charge in [0, 0.05) is 25.1 Å². The topological polar surface area (TPSA) is 103 Å². The van der Waals surface area contributed by atoms with Gasteiger partial charge in [0.15, 0.2) is 12.0 Å². The van der Waals surface area contributed by atoms with Crippen molar-refractivity contribution in [3.05, 3.63) is 33.1 Å². The van der Waals surface area contributed by atoms with Crippen LogP contribution in [0.4, 0.5) is 0 Å². The number of nitrogens with one attached hydrogen (secondary N) is 1. The largest absolute Gasteiger partial charge is 0.394 e. The number of aliphatic hydroxyl groups is 1. The summed E-state index contributed by atoms with van der Waals surface area (Å²) >= 11 is 0. The maximum Gasteiger partial charge on any atom is 0.330 e.